The second-order valence-corrected chi connectivity index (χ2v) is 8.37. The summed E-state index contributed by atoms with van der Waals surface area (Å²) in [4.78, 5) is 32.2. The predicted octanol–water partition coefficient (Wildman–Crippen LogP) is 3.06. The van der Waals surface area contributed by atoms with Gasteiger partial charge in [0, 0.05) is 36.1 Å². The lowest BCUT2D eigenvalue weighted by Gasteiger charge is -2.35. The van der Waals surface area contributed by atoms with E-state index in [4.69, 9.17) is 5.73 Å². The number of nitrogens with one attached hydrogen (secondary N) is 2. The second-order valence-electron chi connectivity index (χ2n) is 8.37. The molecule has 3 aromatic rings. The van der Waals surface area contributed by atoms with E-state index in [9.17, 15) is 9.59 Å². The minimum atomic E-state index is -0.239. The number of amides is 1. The Bertz CT molecular complexity index is 1190. The molecule has 0 atom stereocenters. The topological polar surface area (TPSA) is 94.5 Å². The number of carbonyl (C=O) groups excluding carboxylic acids is 1. The van der Waals surface area contributed by atoms with Gasteiger partial charge in [0.05, 0.1) is 11.3 Å². The number of hydrogen-bond acceptors (Lipinski definition) is 5. The fraction of sp³-hybridized carbons (Fsp3) is 0.280. The molecule has 7 nitrogen and oxygen atoms in total. The number of anilines is 1. The lowest BCUT2D eigenvalue weighted by atomic mass is 10.0. The van der Waals surface area contributed by atoms with Gasteiger partial charge in [-0.3, -0.25) is 9.59 Å². The zero-order valence-corrected chi connectivity index (χ0v) is 18.5. The third-order valence-corrected chi connectivity index (χ3v) is 6.15. The van der Waals surface area contributed by atoms with Crippen LogP contribution >= 0.6 is 0 Å². The summed E-state index contributed by atoms with van der Waals surface area (Å²) in [6.45, 7) is 2.03. The number of rotatable bonds is 5. The number of nitrogens with two attached hydrogens (primary N) is 1. The molecule has 1 aliphatic heterocycles. The number of benzene rings is 2. The largest absolute Gasteiger partial charge is 0.397 e. The van der Waals surface area contributed by atoms with Crippen molar-refractivity contribution in [2.75, 3.05) is 32.5 Å². The molecule has 7 heteroatoms. The van der Waals surface area contributed by atoms with Gasteiger partial charge in [-0.15, -0.1) is 0 Å². The first-order valence-corrected chi connectivity index (χ1v) is 10.8. The van der Waals surface area contributed by atoms with Crippen LogP contribution in [0.5, 0.6) is 0 Å². The van der Waals surface area contributed by atoms with Crippen LogP contribution < -0.4 is 16.6 Å². The van der Waals surface area contributed by atoms with E-state index in [2.05, 4.69) is 22.2 Å². The van der Waals surface area contributed by atoms with E-state index >= 15 is 0 Å². The summed E-state index contributed by atoms with van der Waals surface area (Å²) in [5.41, 5.74) is 8.86. The SMILES string of the molecule is CN1CCC(N(C)C(=O)c2ccc(N/C=C(\N)c3cc4ccccc4[nH]c3=O)cc2)CC1. The number of fused-ring (bicyclic) bond motifs is 1. The van der Waals surface area contributed by atoms with Crippen LogP contribution in [0.25, 0.3) is 16.6 Å². The first-order chi connectivity index (χ1) is 15.4. The van der Waals surface area contributed by atoms with Crippen molar-refractivity contribution in [3.05, 3.63) is 82.3 Å². The number of pyridine rings is 1. The van der Waals surface area contributed by atoms with Crippen LogP contribution in [0.2, 0.25) is 0 Å². The first-order valence-electron chi connectivity index (χ1n) is 10.8. The third kappa shape index (κ3) is 4.68. The monoisotopic (exact) mass is 431 g/mol. The van der Waals surface area contributed by atoms with Crippen LogP contribution in [0.1, 0.15) is 28.8 Å². The number of hydrogen-bond donors (Lipinski definition) is 3. The second kappa shape index (κ2) is 9.28. The average molecular weight is 432 g/mol. The van der Waals surface area contributed by atoms with Crippen LogP contribution in [-0.4, -0.2) is 53.9 Å². The first kappa shape index (κ1) is 21.6. The van der Waals surface area contributed by atoms with Gasteiger partial charge in [0.25, 0.3) is 11.5 Å². The maximum absolute atomic E-state index is 12.9. The quantitative estimate of drug-likeness (QED) is 0.577. The Morgan fingerprint density at radius 3 is 2.56 bits per heavy atom. The fourth-order valence-corrected chi connectivity index (χ4v) is 4.06. The Labute approximate surface area is 187 Å². The molecule has 1 amide bonds. The summed E-state index contributed by atoms with van der Waals surface area (Å²) < 4.78 is 0. The van der Waals surface area contributed by atoms with Gasteiger partial charge in [0.15, 0.2) is 0 Å². The van der Waals surface area contributed by atoms with E-state index < -0.39 is 0 Å². The number of aromatic amines is 1. The van der Waals surface area contributed by atoms with E-state index in [-0.39, 0.29) is 17.5 Å². The highest BCUT2D eigenvalue weighted by molar-refractivity contribution is 5.94. The standard InChI is InChI=1S/C25H29N5O2/c1-29-13-11-20(12-14-29)30(2)25(32)17-7-9-19(10-8-17)27-16-22(26)21-15-18-5-3-4-6-23(18)28-24(21)31/h3-10,15-16,20,27H,11-14,26H2,1-2H3,(H,28,31)/b22-16-. The van der Waals surface area contributed by atoms with Crippen molar-refractivity contribution in [3.63, 3.8) is 0 Å². The summed E-state index contributed by atoms with van der Waals surface area (Å²) in [6, 6.07) is 16.9. The van der Waals surface area contributed by atoms with Gasteiger partial charge in [-0.1, -0.05) is 18.2 Å². The summed E-state index contributed by atoms with van der Waals surface area (Å²) in [5.74, 6) is 0.0313. The number of aromatic nitrogens is 1. The summed E-state index contributed by atoms with van der Waals surface area (Å²) >= 11 is 0. The van der Waals surface area contributed by atoms with Crippen LogP contribution in [0.3, 0.4) is 0 Å². The maximum atomic E-state index is 12.9. The molecule has 0 aliphatic carbocycles. The van der Waals surface area contributed by atoms with Crippen molar-refractivity contribution in [2.24, 2.45) is 5.73 Å². The molecule has 1 aliphatic rings. The number of para-hydroxylation sites is 1. The predicted molar refractivity (Wildman–Crippen MR) is 129 cm³/mol. The van der Waals surface area contributed by atoms with Crippen LogP contribution in [0.4, 0.5) is 5.69 Å². The lowest BCUT2D eigenvalue weighted by Crippen LogP contribution is -2.44. The fourth-order valence-electron chi connectivity index (χ4n) is 4.06. The van der Waals surface area contributed by atoms with Crippen molar-refractivity contribution in [3.8, 4) is 0 Å². The van der Waals surface area contributed by atoms with E-state index in [0.717, 1.165) is 42.5 Å². The smallest absolute Gasteiger partial charge is 0.257 e. The highest BCUT2D eigenvalue weighted by Gasteiger charge is 2.24. The number of piperidine rings is 1. The van der Waals surface area contributed by atoms with Gasteiger partial charge < -0.3 is 25.8 Å². The minimum absolute atomic E-state index is 0.0313. The van der Waals surface area contributed by atoms with Gasteiger partial charge in [0.2, 0.25) is 0 Å². The van der Waals surface area contributed by atoms with Gasteiger partial charge in [-0.05, 0) is 74.8 Å². The zero-order chi connectivity index (χ0) is 22.7. The Hall–Kier alpha value is -3.58. The molecule has 0 spiro atoms. The van der Waals surface area contributed by atoms with Crippen molar-refractivity contribution in [1.29, 1.82) is 0 Å². The van der Waals surface area contributed by atoms with E-state index in [0.29, 0.717) is 16.8 Å². The normalized spacial score (nSPS) is 15.6. The molecule has 0 radical (unpaired) electrons. The maximum Gasteiger partial charge on any atom is 0.257 e. The molecule has 1 aromatic heterocycles. The van der Waals surface area contributed by atoms with Gasteiger partial charge >= 0.3 is 0 Å². The zero-order valence-electron chi connectivity index (χ0n) is 18.5. The highest BCUT2D eigenvalue weighted by atomic mass is 16.2. The Balaban J connectivity index is 1.43. The van der Waals surface area contributed by atoms with Crippen molar-refractivity contribution < 1.29 is 4.79 Å². The summed E-state index contributed by atoms with van der Waals surface area (Å²) in [7, 11) is 4.00. The van der Waals surface area contributed by atoms with Crippen LogP contribution in [-0.2, 0) is 0 Å². The Morgan fingerprint density at radius 1 is 1.16 bits per heavy atom. The molecule has 32 heavy (non-hydrogen) atoms. The van der Waals surface area contributed by atoms with Crippen LogP contribution in [0.15, 0.2) is 65.6 Å². The third-order valence-electron chi connectivity index (χ3n) is 6.15. The minimum Gasteiger partial charge on any atom is -0.397 e. The average Bonchev–Trinajstić information content (AvgIpc) is 2.82. The van der Waals surface area contributed by atoms with E-state index in [1.165, 1.54) is 0 Å². The number of H-pyrrole nitrogens is 1. The molecule has 2 aromatic carbocycles. The van der Waals surface area contributed by atoms with Crippen LogP contribution in [0, 0.1) is 0 Å². The van der Waals surface area contributed by atoms with Gasteiger partial charge in [-0.2, -0.15) is 0 Å². The Morgan fingerprint density at radius 2 is 1.84 bits per heavy atom. The van der Waals surface area contributed by atoms with Crippen molar-refractivity contribution in [2.45, 2.75) is 18.9 Å². The number of carbonyl (C=O) groups is 1. The van der Waals surface area contributed by atoms with Crippen molar-refractivity contribution in [1.82, 2.24) is 14.8 Å². The summed E-state index contributed by atoms with van der Waals surface area (Å²) in [6.07, 6.45) is 3.59. The number of likely N-dealkylation sites (tertiary alicyclic amines) is 1. The van der Waals surface area contributed by atoms with E-state index in [1.54, 1.807) is 12.3 Å². The lowest BCUT2D eigenvalue weighted by molar-refractivity contribution is 0.0659. The molecule has 2 heterocycles. The molecule has 0 saturated carbocycles. The Kier molecular flexibility index (Phi) is 6.28. The molecular weight excluding hydrogens is 402 g/mol. The molecule has 0 unspecified atom stereocenters. The molecule has 1 saturated heterocycles. The number of nitrogens with zero attached hydrogens (tertiary/aromatic N) is 2. The molecule has 4 rings (SSSR count). The van der Waals surface area contributed by atoms with Gasteiger partial charge in [-0.25, -0.2) is 0 Å². The molecule has 1 fully saturated rings. The highest BCUT2D eigenvalue weighted by Crippen LogP contribution is 2.19. The molecule has 4 N–H and O–H groups in total. The molecule has 0 bridgehead atoms. The molecule has 166 valence electrons. The van der Waals surface area contributed by atoms with Gasteiger partial charge in [0.1, 0.15) is 0 Å². The molecular formula is C25H29N5O2. The van der Waals surface area contributed by atoms with E-state index in [1.807, 2.05) is 60.5 Å². The van der Waals surface area contributed by atoms with Crippen molar-refractivity contribution >= 4 is 28.2 Å². The summed E-state index contributed by atoms with van der Waals surface area (Å²) in [5, 5.41) is 4.02.